The van der Waals surface area contributed by atoms with Crippen molar-refractivity contribution in [1.29, 1.82) is 0 Å². The highest BCUT2D eigenvalue weighted by atomic mass is 16.4. The number of benzene rings is 1. The van der Waals surface area contributed by atoms with Crippen LogP contribution in [-0.4, -0.2) is 80.4 Å². The van der Waals surface area contributed by atoms with Crippen molar-refractivity contribution in [2.24, 2.45) is 28.1 Å². The summed E-state index contributed by atoms with van der Waals surface area (Å²) < 4.78 is 0. The fourth-order valence-electron chi connectivity index (χ4n) is 4.75. The summed E-state index contributed by atoms with van der Waals surface area (Å²) in [5, 5.41) is 18.6. The third-order valence-electron chi connectivity index (χ3n) is 6.97. The second-order valence-corrected chi connectivity index (χ2v) is 11.1. The molecule has 0 spiro atoms. The van der Waals surface area contributed by atoms with E-state index in [0.29, 0.717) is 18.5 Å². The summed E-state index contributed by atoms with van der Waals surface area (Å²) in [6, 6.07) is 3.07. The molecule has 3 amide bonds. The van der Waals surface area contributed by atoms with Crippen molar-refractivity contribution in [1.82, 2.24) is 30.9 Å². The average molecular weight is 611 g/mol. The number of hydrogen-bond acceptors (Lipinski definition) is 7. The fourth-order valence-corrected chi connectivity index (χ4v) is 4.75. The van der Waals surface area contributed by atoms with Gasteiger partial charge in [0.1, 0.15) is 18.1 Å². The van der Waals surface area contributed by atoms with Gasteiger partial charge in [0.25, 0.3) is 0 Å². The number of amides is 3. The predicted octanol–water partition coefficient (Wildman–Crippen LogP) is -0.358. The monoisotopic (exact) mass is 610 g/mol. The molecular formula is C29H42N10O5. The fraction of sp³-hybridized carbons (Fsp3) is 0.448. The van der Waals surface area contributed by atoms with Gasteiger partial charge < -0.3 is 48.2 Å². The normalized spacial score (nSPS) is 13.9. The van der Waals surface area contributed by atoms with E-state index in [2.05, 4.69) is 35.9 Å². The van der Waals surface area contributed by atoms with Gasteiger partial charge in [-0.2, -0.15) is 0 Å². The highest BCUT2D eigenvalue weighted by Crippen LogP contribution is 2.19. The molecule has 238 valence electrons. The number of guanidine groups is 1. The lowest BCUT2D eigenvalue weighted by Gasteiger charge is -2.25. The minimum atomic E-state index is -1.26. The van der Waals surface area contributed by atoms with E-state index in [9.17, 15) is 24.3 Å². The van der Waals surface area contributed by atoms with Crippen LogP contribution in [0, 0.1) is 5.92 Å². The molecule has 4 atom stereocenters. The summed E-state index contributed by atoms with van der Waals surface area (Å²) in [5.41, 5.74) is 18.9. The Morgan fingerprint density at radius 3 is 2.25 bits per heavy atom. The first-order valence-corrected chi connectivity index (χ1v) is 14.4. The number of carboxylic acids is 1. The molecule has 4 unspecified atom stereocenters. The van der Waals surface area contributed by atoms with Crippen LogP contribution in [0.3, 0.4) is 0 Å². The number of hydrogen-bond donors (Lipinski definition) is 9. The van der Waals surface area contributed by atoms with E-state index in [-0.39, 0.29) is 37.7 Å². The Morgan fingerprint density at radius 2 is 1.61 bits per heavy atom. The van der Waals surface area contributed by atoms with Crippen molar-refractivity contribution in [3.05, 3.63) is 54.2 Å². The van der Waals surface area contributed by atoms with E-state index < -0.39 is 47.9 Å². The first-order chi connectivity index (χ1) is 20.9. The molecule has 2 aromatic heterocycles. The zero-order valence-corrected chi connectivity index (χ0v) is 24.9. The Morgan fingerprint density at radius 1 is 0.955 bits per heavy atom. The van der Waals surface area contributed by atoms with Crippen molar-refractivity contribution in [3.63, 3.8) is 0 Å². The smallest absolute Gasteiger partial charge is 0.326 e. The molecule has 0 saturated heterocycles. The van der Waals surface area contributed by atoms with Crippen LogP contribution < -0.4 is 33.2 Å². The standard InChI is InChI=1S/C29H42N10O5/c1-16(2)10-20(30)25(40)38-24(12-18-14-33-15-36-18)27(42)39-23(11-17-13-35-21-7-4-3-6-19(17)21)26(41)37-22(28(43)44)8-5-9-34-29(31)32/h3-4,6-7,13-16,20,22-24,35H,5,8-12,30H2,1-2H3,(H,33,36)(H,37,41)(H,38,40)(H,39,42)(H,43,44)(H4,31,32,34). The summed E-state index contributed by atoms with van der Waals surface area (Å²) in [6.45, 7) is 4.05. The molecule has 0 radical (unpaired) electrons. The second kappa shape index (κ2) is 16.1. The highest BCUT2D eigenvalue weighted by molar-refractivity contribution is 5.95. The number of imidazole rings is 1. The SMILES string of the molecule is CC(C)CC(N)C(=O)NC(Cc1cnc[nH]1)C(=O)NC(Cc1c[nH]c2ccccc12)C(=O)NC(CCCN=C(N)N)C(=O)O. The van der Waals surface area contributed by atoms with Gasteiger partial charge in [-0.25, -0.2) is 9.78 Å². The number of aliphatic imine (C=N–C) groups is 1. The summed E-state index contributed by atoms with van der Waals surface area (Å²) in [5.74, 6) is -3.08. The number of para-hydroxylation sites is 1. The Kier molecular flexibility index (Phi) is 12.3. The lowest BCUT2D eigenvalue weighted by atomic mass is 10.0. The second-order valence-electron chi connectivity index (χ2n) is 11.1. The van der Waals surface area contributed by atoms with Crippen LogP contribution in [0.2, 0.25) is 0 Å². The van der Waals surface area contributed by atoms with Crippen LogP contribution in [0.4, 0.5) is 0 Å². The van der Waals surface area contributed by atoms with E-state index in [0.717, 1.165) is 16.5 Å². The Balaban J connectivity index is 1.85. The lowest BCUT2D eigenvalue weighted by Crippen LogP contribution is -2.58. The third-order valence-corrected chi connectivity index (χ3v) is 6.97. The molecule has 0 aliphatic heterocycles. The summed E-state index contributed by atoms with van der Waals surface area (Å²) in [7, 11) is 0. The van der Waals surface area contributed by atoms with Gasteiger partial charge in [0.05, 0.1) is 12.4 Å². The number of fused-ring (bicyclic) bond motifs is 1. The van der Waals surface area contributed by atoms with Gasteiger partial charge in [0.15, 0.2) is 5.96 Å². The van der Waals surface area contributed by atoms with Crippen molar-refractivity contribution in [2.75, 3.05) is 6.54 Å². The Bertz CT molecular complexity index is 1430. The number of rotatable bonds is 17. The zero-order chi connectivity index (χ0) is 32.2. The number of carboxylic acid groups (broad SMARTS) is 1. The van der Waals surface area contributed by atoms with E-state index in [1.807, 2.05) is 38.1 Å². The van der Waals surface area contributed by atoms with Gasteiger partial charge in [-0.1, -0.05) is 32.0 Å². The molecule has 15 nitrogen and oxygen atoms in total. The van der Waals surface area contributed by atoms with Crippen molar-refractivity contribution < 1.29 is 24.3 Å². The predicted molar refractivity (Wildman–Crippen MR) is 165 cm³/mol. The number of carbonyl (C=O) groups excluding carboxylic acids is 3. The summed E-state index contributed by atoms with van der Waals surface area (Å²) >= 11 is 0. The van der Waals surface area contributed by atoms with Crippen molar-refractivity contribution in [2.45, 2.75) is 70.1 Å². The van der Waals surface area contributed by atoms with Gasteiger partial charge in [0, 0.05) is 48.4 Å². The van der Waals surface area contributed by atoms with Crippen LogP contribution in [-0.2, 0) is 32.0 Å². The maximum absolute atomic E-state index is 13.7. The third kappa shape index (κ3) is 10.1. The first-order valence-electron chi connectivity index (χ1n) is 14.4. The molecule has 2 heterocycles. The van der Waals surface area contributed by atoms with Gasteiger partial charge in [-0.3, -0.25) is 19.4 Å². The summed E-state index contributed by atoms with van der Waals surface area (Å²) in [4.78, 5) is 66.1. The lowest BCUT2D eigenvalue weighted by molar-refractivity contribution is -0.142. The molecule has 44 heavy (non-hydrogen) atoms. The van der Waals surface area contributed by atoms with E-state index in [1.165, 1.54) is 12.5 Å². The maximum atomic E-state index is 13.7. The minimum absolute atomic E-state index is 0.0412. The first kappa shape index (κ1) is 33.6. The Hall–Kier alpha value is -4.92. The van der Waals surface area contributed by atoms with Crippen molar-refractivity contribution in [3.8, 4) is 0 Å². The van der Waals surface area contributed by atoms with Crippen LogP contribution in [0.1, 0.15) is 44.4 Å². The average Bonchev–Trinajstić information content (AvgIpc) is 3.63. The number of H-pyrrole nitrogens is 2. The number of aromatic nitrogens is 3. The largest absolute Gasteiger partial charge is 0.480 e. The molecule has 12 N–H and O–H groups in total. The number of nitrogens with zero attached hydrogens (tertiary/aromatic N) is 2. The number of aliphatic carboxylic acids is 1. The van der Waals surface area contributed by atoms with Crippen LogP contribution >= 0.6 is 0 Å². The Labute approximate surface area is 254 Å². The van der Waals surface area contributed by atoms with Gasteiger partial charge in [-0.05, 0) is 36.8 Å². The molecule has 0 aliphatic carbocycles. The van der Waals surface area contributed by atoms with Crippen LogP contribution in [0.5, 0.6) is 0 Å². The molecule has 0 saturated carbocycles. The number of nitrogens with one attached hydrogen (secondary N) is 5. The molecule has 15 heteroatoms. The zero-order valence-electron chi connectivity index (χ0n) is 24.9. The molecule has 0 aliphatic rings. The van der Waals surface area contributed by atoms with E-state index in [1.54, 1.807) is 6.20 Å². The quantitative estimate of drug-likeness (QED) is 0.0548. The molecule has 0 bridgehead atoms. The van der Waals surface area contributed by atoms with Gasteiger partial charge >= 0.3 is 5.97 Å². The summed E-state index contributed by atoms with van der Waals surface area (Å²) in [6.07, 6.45) is 5.56. The molecule has 3 rings (SSSR count). The van der Waals surface area contributed by atoms with E-state index in [4.69, 9.17) is 17.2 Å². The van der Waals surface area contributed by atoms with Gasteiger partial charge in [0.2, 0.25) is 17.7 Å². The molecule has 1 aromatic carbocycles. The maximum Gasteiger partial charge on any atom is 0.326 e. The van der Waals surface area contributed by atoms with Gasteiger partial charge in [-0.15, -0.1) is 0 Å². The number of nitrogens with two attached hydrogens (primary N) is 3. The minimum Gasteiger partial charge on any atom is -0.480 e. The van der Waals surface area contributed by atoms with E-state index >= 15 is 0 Å². The molecule has 0 fully saturated rings. The molecule has 3 aromatic rings. The highest BCUT2D eigenvalue weighted by Gasteiger charge is 2.31. The van der Waals surface area contributed by atoms with Crippen LogP contribution in [0.15, 0.2) is 48.0 Å². The molecular weight excluding hydrogens is 568 g/mol. The number of carbonyl (C=O) groups is 4. The number of aromatic amines is 2. The topological polar surface area (TPSA) is 259 Å². The van der Waals surface area contributed by atoms with Crippen LogP contribution in [0.25, 0.3) is 10.9 Å². The van der Waals surface area contributed by atoms with Crippen molar-refractivity contribution >= 4 is 40.6 Å².